The number of rotatable bonds is 4. The molecule has 3 rings (SSSR count). The van der Waals surface area contributed by atoms with Crippen molar-refractivity contribution in [2.24, 2.45) is 5.92 Å². The molecule has 6 nitrogen and oxygen atoms in total. The van der Waals surface area contributed by atoms with E-state index in [0.717, 1.165) is 0 Å². The maximum atomic E-state index is 13.9. The number of halogens is 1. The lowest BCUT2D eigenvalue weighted by Crippen LogP contribution is -2.28. The number of ether oxygens (including phenoxy) is 2. The summed E-state index contributed by atoms with van der Waals surface area (Å²) in [7, 11) is 1.40. The molecule has 2 aromatic carbocycles. The van der Waals surface area contributed by atoms with E-state index in [-0.39, 0.29) is 36.1 Å². The maximum absolute atomic E-state index is 13.9. The van der Waals surface area contributed by atoms with Gasteiger partial charge in [0.2, 0.25) is 5.91 Å². The number of carbonyl (C=O) groups is 2. The number of benzene rings is 2. The SMILES string of the molecule is COc1cc(C#N)ccc1OC(=O)C1CC(=O)N(c2ccccc2F)C1. The average molecular weight is 354 g/mol. The molecule has 0 spiro atoms. The van der Waals surface area contributed by atoms with Gasteiger partial charge in [0.15, 0.2) is 11.5 Å². The minimum atomic E-state index is -0.720. The van der Waals surface area contributed by atoms with Crippen LogP contribution >= 0.6 is 0 Å². The largest absolute Gasteiger partial charge is 0.493 e. The molecule has 1 amide bonds. The number of para-hydroxylation sites is 1. The van der Waals surface area contributed by atoms with Crippen LogP contribution in [0.2, 0.25) is 0 Å². The zero-order valence-electron chi connectivity index (χ0n) is 13.9. The number of esters is 1. The van der Waals surface area contributed by atoms with Gasteiger partial charge in [-0.1, -0.05) is 12.1 Å². The molecule has 1 fully saturated rings. The molecule has 0 saturated carbocycles. The Morgan fingerprint density at radius 1 is 1.27 bits per heavy atom. The van der Waals surface area contributed by atoms with Gasteiger partial charge in [0.1, 0.15) is 5.82 Å². The van der Waals surface area contributed by atoms with Gasteiger partial charge >= 0.3 is 5.97 Å². The third-order valence-electron chi connectivity index (χ3n) is 4.10. The van der Waals surface area contributed by atoms with Crippen molar-refractivity contribution in [3.05, 3.63) is 53.8 Å². The summed E-state index contributed by atoms with van der Waals surface area (Å²) in [6, 6.07) is 12.3. The highest BCUT2D eigenvalue weighted by molar-refractivity contribution is 5.99. The molecule has 1 saturated heterocycles. The second-order valence-corrected chi connectivity index (χ2v) is 5.76. The van der Waals surface area contributed by atoms with Crippen LogP contribution < -0.4 is 14.4 Å². The Kier molecular flexibility index (Phi) is 4.85. The molecule has 0 radical (unpaired) electrons. The first-order valence-corrected chi connectivity index (χ1v) is 7.88. The van der Waals surface area contributed by atoms with Crippen molar-refractivity contribution in [1.82, 2.24) is 0 Å². The number of nitriles is 1. The Labute approximate surface area is 149 Å². The van der Waals surface area contributed by atoms with Crippen LogP contribution in [-0.4, -0.2) is 25.5 Å². The van der Waals surface area contributed by atoms with Crippen molar-refractivity contribution in [1.29, 1.82) is 5.26 Å². The van der Waals surface area contributed by atoms with E-state index in [0.29, 0.717) is 5.56 Å². The highest BCUT2D eigenvalue weighted by atomic mass is 19.1. The lowest BCUT2D eigenvalue weighted by atomic mass is 10.1. The van der Waals surface area contributed by atoms with E-state index in [4.69, 9.17) is 14.7 Å². The normalized spacial score (nSPS) is 16.3. The monoisotopic (exact) mass is 354 g/mol. The first kappa shape index (κ1) is 17.4. The van der Waals surface area contributed by atoms with Gasteiger partial charge in [-0.3, -0.25) is 9.59 Å². The van der Waals surface area contributed by atoms with Crippen molar-refractivity contribution in [2.75, 3.05) is 18.6 Å². The molecule has 7 heteroatoms. The van der Waals surface area contributed by atoms with E-state index in [1.807, 2.05) is 6.07 Å². The molecule has 1 aliphatic rings. The van der Waals surface area contributed by atoms with Gasteiger partial charge in [-0.2, -0.15) is 5.26 Å². The van der Waals surface area contributed by atoms with Crippen LogP contribution in [-0.2, 0) is 9.59 Å². The van der Waals surface area contributed by atoms with Crippen molar-refractivity contribution >= 4 is 17.6 Å². The molecule has 1 unspecified atom stereocenters. The van der Waals surface area contributed by atoms with Crippen LogP contribution in [0.25, 0.3) is 0 Å². The number of amides is 1. The summed E-state index contributed by atoms with van der Waals surface area (Å²) in [5.41, 5.74) is 0.507. The van der Waals surface area contributed by atoms with E-state index >= 15 is 0 Å². The topological polar surface area (TPSA) is 79.6 Å². The smallest absolute Gasteiger partial charge is 0.316 e. The Balaban J connectivity index is 1.75. The number of carbonyl (C=O) groups excluding carboxylic acids is 2. The van der Waals surface area contributed by atoms with Gasteiger partial charge in [-0.15, -0.1) is 0 Å². The molecular formula is C19H15FN2O4. The average Bonchev–Trinajstić information content (AvgIpc) is 3.04. The van der Waals surface area contributed by atoms with Crippen molar-refractivity contribution in [3.8, 4) is 17.6 Å². The number of anilines is 1. The summed E-state index contributed by atoms with van der Waals surface area (Å²) in [4.78, 5) is 25.9. The fourth-order valence-electron chi connectivity index (χ4n) is 2.78. The second kappa shape index (κ2) is 7.23. The Hall–Kier alpha value is -3.40. The molecule has 1 aliphatic heterocycles. The zero-order chi connectivity index (χ0) is 18.7. The van der Waals surface area contributed by atoms with Crippen LogP contribution in [0.3, 0.4) is 0 Å². The van der Waals surface area contributed by atoms with Crippen LogP contribution in [0.5, 0.6) is 11.5 Å². The van der Waals surface area contributed by atoms with Crippen LogP contribution in [0.1, 0.15) is 12.0 Å². The quantitative estimate of drug-likeness (QED) is 0.623. The first-order chi connectivity index (χ1) is 12.5. The Bertz CT molecular complexity index is 907. The maximum Gasteiger partial charge on any atom is 0.316 e. The van der Waals surface area contributed by atoms with Gasteiger partial charge in [0.25, 0.3) is 0 Å². The van der Waals surface area contributed by atoms with E-state index in [9.17, 15) is 14.0 Å². The van der Waals surface area contributed by atoms with E-state index in [2.05, 4.69) is 0 Å². The molecule has 0 aromatic heterocycles. The lowest BCUT2D eigenvalue weighted by Gasteiger charge is -2.17. The van der Waals surface area contributed by atoms with Gasteiger partial charge < -0.3 is 14.4 Å². The molecule has 0 N–H and O–H groups in total. The summed E-state index contributed by atoms with van der Waals surface area (Å²) in [5, 5.41) is 8.90. The summed E-state index contributed by atoms with van der Waals surface area (Å²) >= 11 is 0. The Morgan fingerprint density at radius 3 is 2.73 bits per heavy atom. The van der Waals surface area contributed by atoms with Crippen molar-refractivity contribution < 1.29 is 23.5 Å². The zero-order valence-corrected chi connectivity index (χ0v) is 13.9. The predicted octanol–water partition coefficient (Wildman–Crippen LogP) is 2.66. The van der Waals surface area contributed by atoms with Gasteiger partial charge in [0, 0.05) is 19.0 Å². The first-order valence-electron chi connectivity index (χ1n) is 7.88. The van der Waals surface area contributed by atoms with Crippen LogP contribution in [0.15, 0.2) is 42.5 Å². The third-order valence-corrected chi connectivity index (χ3v) is 4.10. The molecule has 2 aromatic rings. The summed E-state index contributed by atoms with van der Waals surface area (Å²) in [6.45, 7) is 0.0389. The van der Waals surface area contributed by atoms with Gasteiger partial charge in [-0.05, 0) is 24.3 Å². The summed E-state index contributed by atoms with van der Waals surface area (Å²) in [5.74, 6) is -1.80. The third kappa shape index (κ3) is 3.35. The number of methoxy groups -OCH3 is 1. The molecule has 1 atom stereocenters. The van der Waals surface area contributed by atoms with E-state index < -0.39 is 17.7 Å². The van der Waals surface area contributed by atoms with E-state index in [1.165, 1.54) is 48.4 Å². The molecule has 26 heavy (non-hydrogen) atoms. The fraction of sp³-hybridized carbons (Fsp3) is 0.211. The van der Waals surface area contributed by atoms with Crippen LogP contribution in [0, 0.1) is 23.1 Å². The molecule has 1 heterocycles. The minimum Gasteiger partial charge on any atom is -0.493 e. The summed E-state index contributed by atoms with van der Waals surface area (Å²) in [6.07, 6.45) is -0.0637. The molecular weight excluding hydrogens is 339 g/mol. The molecule has 132 valence electrons. The summed E-state index contributed by atoms with van der Waals surface area (Å²) < 4.78 is 24.4. The molecule has 0 aliphatic carbocycles. The van der Waals surface area contributed by atoms with Crippen LogP contribution in [0.4, 0.5) is 10.1 Å². The Morgan fingerprint density at radius 2 is 2.04 bits per heavy atom. The highest BCUT2D eigenvalue weighted by Crippen LogP contribution is 2.31. The van der Waals surface area contributed by atoms with E-state index in [1.54, 1.807) is 6.07 Å². The lowest BCUT2D eigenvalue weighted by molar-refractivity contribution is -0.139. The predicted molar refractivity (Wildman–Crippen MR) is 90.2 cm³/mol. The minimum absolute atomic E-state index is 0.0389. The standard InChI is InChI=1S/C19H15FN2O4/c1-25-17-8-12(10-21)6-7-16(17)26-19(24)13-9-18(23)22(11-13)15-5-3-2-4-14(15)20/h2-8,13H,9,11H2,1H3. The van der Waals surface area contributed by atoms with Gasteiger partial charge in [-0.25, -0.2) is 4.39 Å². The van der Waals surface area contributed by atoms with Crippen molar-refractivity contribution in [3.63, 3.8) is 0 Å². The number of hydrogen-bond donors (Lipinski definition) is 0. The van der Waals surface area contributed by atoms with Gasteiger partial charge in [0.05, 0.1) is 30.3 Å². The number of hydrogen-bond acceptors (Lipinski definition) is 5. The molecule has 0 bridgehead atoms. The number of nitrogens with zero attached hydrogens (tertiary/aromatic N) is 2. The second-order valence-electron chi connectivity index (χ2n) is 5.76. The fourth-order valence-corrected chi connectivity index (χ4v) is 2.78. The van der Waals surface area contributed by atoms with Crippen molar-refractivity contribution in [2.45, 2.75) is 6.42 Å². The highest BCUT2D eigenvalue weighted by Gasteiger charge is 2.37.